The molecule has 0 aliphatic rings. The highest BCUT2D eigenvalue weighted by molar-refractivity contribution is 6.48. The molecule has 0 fully saturated rings. The molecule has 3 aromatic rings. The average Bonchev–Trinajstić information content (AvgIpc) is 2.62. The fourth-order valence-electron chi connectivity index (χ4n) is 2.55. The number of hydrogen-bond acceptors (Lipinski definition) is 0. The first-order valence-corrected chi connectivity index (χ1v) is 7.75. The van der Waals surface area contributed by atoms with E-state index in [1.165, 1.54) is 11.1 Å². The first-order valence-electron chi connectivity index (χ1n) is 7.37. The monoisotopic (exact) mass is 304 g/mol. The average molecular weight is 305 g/mol. The van der Waals surface area contributed by atoms with Gasteiger partial charge in [-0.25, -0.2) is 0 Å². The van der Waals surface area contributed by atoms with Crippen molar-refractivity contribution in [2.45, 2.75) is 5.92 Å². The maximum Gasteiger partial charge on any atom is 0.0448 e. The van der Waals surface area contributed by atoms with Crippen LogP contribution in [0.15, 0.2) is 97.1 Å². The lowest BCUT2D eigenvalue weighted by Gasteiger charge is -2.15. The Morgan fingerprint density at radius 2 is 1.05 bits per heavy atom. The Hall–Kier alpha value is -2.31. The molecule has 3 rings (SSSR count). The summed E-state index contributed by atoms with van der Waals surface area (Å²) >= 11 is 6.56. The van der Waals surface area contributed by atoms with Crippen LogP contribution in [-0.2, 0) is 0 Å². The van der Waals surface area contributed by atoms with Gasteiger partial charge in [0.25, 0.3) is 0 Å². The molecule has 0 aromatic heterocycles. The standard InChI is InChI=1S/C21H17Cl/c22-21(19-14-8-3-9-15-19)16-20(17-10-4-1-5-11-17)18-12-6-2-7-13-18/h1-16,20H/b21-16-. The SMILES string of the molecule is Cl/C(=C\C(c1ccccc1)c1ccccc1)c1ccccc1. The molecule has 0 unspecified atom stereocenters. The van der Waals surface area contributed by atoms with E-state index in [2.05, 4.69) is 54.6 Å². The summed E-state index contributed by atoms with van der Waals surface area (Å²) < 4.78 is 0. The predicted octanol–water partition coefficient (Wildman–Crippen LogP) is 6.10. The van der Waals surface area contributed by atoms with Crippen LogP contribution in [0.3, 0.4) is 0 Å². The van der Waals surface area contributed by atoms with Crippen LogP contribution in [0.25, 0.3) is 5.03 Å². The van der Waals surface area contributed by atoms with Crippen LogP contribution in [0, 0.1) is 0 Å². The van der Waals surface area contributed by atoms with Crippen molar-refractivity contribution in [3.8, 4) is 0 Å². The number of benzene rings is 3. The molecule has 0 radical (unpaired) electrons. The molecular weight excluding hydrogens is 288 g/mol. The molecule has 0 aliphatic carbocycles. The highest BCUT2D eigenvalue weighted by Gasteiger charge is 2.12. The summed E-state index contributed by atoms with van der Waals surface area (Å²) in [5.74, 6) is 0.148. The van der Waals surface area contributed by atoms with E-state index in [9.17, 15) is 0 Å². The molecule has 0 saturated carbocycles. The zero-order valence-electron chi connectivity index (χ0n) is 12.2. The number of rotatable bonds is 4. The zero-order valence-corrected chi connectivity index (χ0v) is 12.9. The topological polar surface area (TPSA) is 0 Å². The van der Waals surface area contributed by atoms with Gasteiger partial charge in [-0.15, -0.1) is 0 Å². The van der Waals surface area contributed by atoms with Crippen molar-refractivity contribution in [3.05, 3.63) is 114 Å². The second kappa shape index (κ2) is 7.11. The summed E-state index contributed by atoms with van der Waals surface area (Å²) in [6.07, 6.45) is 2.13. The van der Waals surface area contributed by atoms with Gasteiger partial charge >= 0.3 is 0 Å². The summed E-state index contributed by atoms with van der Waals surface area (Å²) in [6.45, 7) is 0. The maximum absolute atomic E-state index is 6.56. The molecule has 108 valence electrons. The third-order valence-electron chi connectivity index (χ3n) is 3.68. The molecule has 0 aliphatic heterocycles. The van der Waals surface area contributed by atoms with Crippen LogP contribution in [0.1, 0.15) is 22.6 Å². The minimum absolute atomic E-state index is 0.148. The van der Waals surface area contributed by atoms with Crippen molar-refractivity contribution in [3.63, 3.8) is 0 Å². The van der Waals surface area contributed by atoms with Gasteiger partial charge in [0.1, 0.15) is 0 Å². The van der Waals surface area contributed by atoms with Crippen molar-refractivity contribution in [2.24, 2.45) is 0 Å². The smallest absolute Gasteiger partial charge is 0.0448 e. The van der Waals surface area contributed by atoms with Crippen LogP contribution < -0.4 is 0 Å². The Morgan fingerprint density at radius 3 is 1.50 bits per heavy atom. The molecule has 3 aromatic carbocycles. The number of halogens is 1. The van der Waals surface area contributed by atoms with Crippen LogP contribution in [0.4, 0.5) is 0 Å². The van der Waals surface area contributed by atoms with Gasteiger partial charge in [-0.2, -0.15) is 0 Å². The van der Waals surface area contributed by atoms with E-state index in [1.54, 1.807) is 0 Å². The van der Waals surface area contributed by atoms with Gasteiger partial charge in [0, 0.05) is 11.0 Å². The molecule has 0 spiro atoms. The molecule has 1 heteroatoms. The van der Waals surface area contributed by atoms with E-state index in [-0.39, 0.29) is 5.92 Å². The molecule has 0 N–H and O–H groups in total. The zero-order chi connectivity index (χ0) is 15.2. The van der Waals surface area contributed by atoms with E-state index in [1.807, 2.05) is 42.5 Å². The third-order valence-corrected chi connectivity index (χ3v) is 4.02. The fraction of sp³-hybridized carbons (Fsp3) is 0.0476. The van der Waals surface area contributed by atoms with Crippen LogP contribution >= 0.6 is 11.6 Å². The van der Waals surface area contributed by atoms with Crippen LogP contribution in [-0.4, -0.2) is 0 Å². The quantitative estimate of drug-likeness (QED) is 0.546. The molecule has 22 heavy (non-hydrogen) atoms. The lowest BCUT2D eigenvalue weighted by Crippen LogP contribution is -1.98. The van der Waals surface area contributed by atoms with Gasteiger partial charge in [0.15, 0.2) is 0 Å². The van der Waals surface area contributed by atoms with Gasteiger partial charge in [0.2, 0.25) is 0 Å². The van der Waals surface area contributed by atoms with Gasteiger partial charge in [-0.05, 0) is 16.7 Å². The van der Waals surface area contributed by atoms with E-state index < -0.39 is 0 Å². The van der Waals surface area contributed by atoms with Crippen molar-refractivity contribution in [2.75, 3.05) is 0 Å². The summed E-state index contributed by atoms with van der Waals surface area (Å²) in [7, 11) is 0. The van der Waals surface area contributed by atoms with Gasteiger partial charge < -0.3 is 0 Å². The van der Waals surface area contributed by atoms with E-state index in [0.717, 1.165) is 10.6 Å². The van der Waals surface area contributed by atoms with Crippen molar-refractivity contribution in [1.29, 1.82) is 0 Å². The van der Waals surface area contributed by atoms with E-state index in [0.29, 0.717) is 0 Å². The normalized spacial score (nSPS) is 11.6. The van der Waals surface area contributed by atoms with Crippen LogP contribution in [0.5, 0.6) is 0 Å². The van der Waals surface area contributed by atoms with Gasteiger partial charge in [0.05, 0.1) is 0 Å². The molecule has 0 nitrogen and oxygen atoms in total. The highest BCUT2D eigenvalue weighted by atomic mass is 35.5. The van der Waals surface area contributed by atoms with Crippen LogP contribution in [0.2, 0.25) is 0 Å². The second-order valence-corrected chi connectivity index (χ2v) is 5.59. The summed E-state index contributed by atoms with van der Waals surface area (Å²) in [5.41, 5.74) is 3.52. The van der Waals surface area contributed by atoms with Crippen molar-refractivity contribution >= 4 is 16.6 Å². The molecule has 0 bridgehead atoms. The molecule has 0 amide bonds. The first-order chi connectivity index (χ1) is 10.8. The fourth-order valence-corrected chi connectivity index (χ4v) is 2.80. The molecule has 0 atom stereocenters. The Morgan fingerprint density at radius 1 is 0.636 bits per heavy atom. The van der Waals surface area contributed by atoms with E-state index in [4.69, 9.17) is 11.6 Å². The molecular formula is C21H17Cl. The lowest BCUT2D eigenvalue weighted by molar-refractivity contribution is 1.03. The summed E-state index contributed by atoms with van der Waals surface area (Å²) in [5, 5.41) is 0.776. The van der Waals surface area contributed by atoms with Gasteiger partial charge in [-0.3, -0.25) is 0 Å². The third kappa shape index (κ3) is 3.47. The Balaban J connectivity index is 2.03. The highest BCUT2D eigenvalue weighted by Crippen LogP contribution is 2.31. The molecule has 0 heterocycles. The maximum atomic E-state index is 6.56. The summed E-state index contributed by atoms with van der Waals surface area (Å²) in [6, 6.07) is 31.0. The number of allylic oxidation sites excluding steroid dienone is 1. The number of hydrogen-bond donors (Lipinski definition) is 0. The largest absolute Gasteiger partial charge is 0.0840 e. The van der Waals surface area contributed by atoms with Crippen molar-refractivity contribution < 1.29 is 0 Å². The molecule has 0 saturated heterocycles. The first kappa shape index (κ1) is 14.6. The summed E-state index contributed by atoms with van der Waals surface area (Å²) in [4.78, 5) is 0. The lowest BCUT2D eigenvalue weighted by atomic mass is 9.90. The predicted molar refractivity (Wildman–Crippen MR) is 95.0 cm³/mol. The van der Waals surface area contributed by atoms with Gasteiger partial charge in [-0.1, -0.05) is 109 Å². The Bertz CT molecular complexity index is 691. The Kier molecular flexibility index (Phi) is 4.72. The minimum atomic E-state index is 0.148. The van der Waals surface area contributed by atoms with E-state index >= 15 is 0 Å². The second-order valence-electron chi connectivity index (χ2n) is 5.18. The minimum Gasteiger partial charge on any atom is -0.0840 e. The van der Waals surface area contributed by atoms with Crippen molar-refractivity contribution in [1.82, 2.24) is 0 Å². The Labute approximate surface area is 136 Å².